The molecular formula is C18H17BrN2O2. The number of benzene rings is 2. The highest BCUT2D eigenvalue weighted by Crippen LogP contribution is 2.36. The molecule has 0 atom stereocenters. The zero-order valence-corrected chi connectivity index (χ0v) is 14.6. The van der Waals surface area contributed by atoms with Gasteiger partial charge in [-0.15, -0.1) is 0 Å². The quantitative estimate of drug-likeness (QED) is 0.772. The second-order valence-electron chi connectivity index (χ2n) is 5.79. The number of halogens is 1. The summed E-state index contributed by atoms with van der Waals surface area (Å²) in [4.78, 5) is 28.2. The predicted molar refractivity (Wildman–Crippen MR) is 93.5 cm³/mol. The number of nitrogens with zero attached hydrogens (tertiary/aromatic N) is 2. The van der Waals surface area contributed by atoms with Gasteiger partial charge in [0.15, 0.2) is 0 Å². The number of fused-ring (bicyclic) bond motifs is 1. The van der Waals surface area contributed by atoms with Gasteiger partial charge in [0.05, 0.1) is 17.9 Å². The third kappa shape index (κ3) is 2.94. The number of hydrogen-bond donors (Lipinski definition) is 0. The number of carbonyl (C=O) groups is 2. The minimum Gasteiger partial charge on any atom is -0.291 e. The van der Waals surface area contributed by atoms with E-state index in [9.17, 15) is 9.59 Å². The second kappa shape index (κ2) is 6.26. The molecule has 0 fully saturated rings. The summed E-state index contributed by atoms with van der Waals surface area (Å²) in [6.07, 6.45) is 0. The fourth-order valence-electron chi connectivity index (χ4n) is 2.78. The van der Waals surface area contributed by atoms with Gasteiger partial charge in [-0.1, -0.05) is 36.4 Å². The van der Waals surface area contributed by atoms with E-state index in [1.165, 1.54) is 5.56 Å². The van der Waals surface area contributed by atoms with E-state index in [0.29, 0.717) is 28.9 Å². The Morgan fingerprint density at radius 3 is 2.48 bits per heavy atom. The van der Waals surface area contributed by atoms with Crippen LogP contribution >= 0.6 is 15.9 Å². The molecule has 2 aromatic rings. The molecule has 3 rings (SSSR count). The fraction of sp³-hybridized carbons (Fsp3) is 0.222. The Hall–Kier alpha value is -1.98. The standard InChI is InChI=1S/C18H17BrN2O2/c1-12-8-9-14-15(16(12)19)17(22)18(23)21(14)11-20(2)10-13-6-4-3-5-7-13/h3-9H,10-11H2,1-2H3. The Morgan fingerprint density at radius 2 is 1.78 bits per heavy atom. The van der Waals surface area contributed by atoms with Crippen molar-refractivity contribution in [3.05, 3.63) is 63.6 Å². The summed E-state index contributed by atoms with van der Waals surface area (Å²) in [5.74, 6) is -0.908. The van der Waals surface area contributed by atoms with Gasteiger partial charge >= 0.3 is 5.91 Å². The Labute approximate surface area is 143 Å². The minimum absolute atomic E-state index is 0.377. The molecule has 0 spiro atoms. The van der Waals surface area contributed by atoms with E-state index in [1.807, 2.05) is 61.3 Å². The van der Waals surface area contributed by atoms with Crippen LogP contribution in [0.5, 0.6) is 0 Å². The normalized spacial score (nSPS) is 13.8. The summed E-state index contributed by atoms with van der Waals surface area (Å²) < 4.78 is 0.710. The van der Waals surface area contributed by atoms with Crippen LogP contribution in [0.3, 0.4) is 0 Å². The van der Waals surface area contributed by atoms with Gasteiger partial charge in [0, 0.05) is 11.0 Å². The number of anilines is 1. The van der Waals surface area contributed by atoms with E-state index in [1.54, 1.807) is 4.90 Å². The summed E-state index contributed by atoms with van der Waals surface area (Å²) in [5.41, 5.74) is 3.27. The maximum absolute atomic E-state index is 12.3. The molecule has 5 heteroatoms. The smallest absolute Gasteiger partial charge is 0.291 e. The van der Waals surface area contributed by atoms with E-state index < -0.39 is 11.7 Å². The van der Waals surface area contributed by atoms with E-state index in [-0.39, 0.29) is 0 Å². The SMILES string of the molecule is Cc1ccc2c(c1Br)C(=O)C(=O)N2CN(C)Cc1ccccc1. The third-order valence-electron chi connectivity index (χ3n) is 3.95. The molecule has 0 N–H and O–H groups in total. The lowest BCUT2D eigenvalue weighted by Gasteiger charge is -2.24. The second-order valence-corrected chi connectivity index (χ2v) is 6.59. The molecule has 23 heavy (non-hydrogen) atoms. The Bertz CT molecular complexity index is 774. The van der Waals surface area contributed by atoms with Crippen molar-refractivity contribution >= 4 is 33.3 Å². The van der Waals surface area contributed by atoms with Crippen LogP contribution in [-0.2, 0) is 11.3 Å². The average Bonchev–Trinajstić information content (AvgIpc) is 2.77. The van der Waals surface area contributed by atoms with Crippen LogP contribution in [0.15, 0.2) is 46.9 Å². The van der Waals surface area contributed by atoms with Crippen molar-refractivity contribution in [1.82, 2.24) is 4.90 Å². The number of hydrogen-bond acceptors (Lipinski definition) is 3. The summed E-state index contributed by atoms with van der Waals surface area (Å²) in [5, 5.41) is 0. The first-order valence-corrected chi connectivity index (χ1v) is 8.16. The van der Waals surface area contributed by atoms with Crippen LogP contribution in [-0.4, -0.2) is 30.3 Å². The van der Waals surface area contributed by atoms with Crippen LogP contribution in [0.1, 0.15) is 21.5 Å². The van der Waals surface area contributed by atoms with Gasteiger partial charge in [-0.2, -0.15) is 0 Å². The third-order valence-corrected chi connectivity index (χ3v) is 4.97. The van der Waals surface area contributed by atoms with Gasteiger partial charge in [-0.05, 0) is 47.1 Å². The van der Waals surface area contributed by atoms with Crippen molar-refractivity contribution in [2.24, 2.45) is 0 Å². The van der Waals surface area contributed by atoms with Crippen LogP contribution in [0, 0.1) is 6.92 Å². The lowest BCUT2D eigenvalue weighted by atomic mass is 10.1. The van der Waals surface area contributed by atoms with E-state index >= 15 is 0 Å². The largest absolute Gasteiger partial charge is 0.300 e. The van der Waals surface area contributed by atoms with Gasteiger partial charge < -0.3 is 0 Å². The zero-order chi connectivity index (χ0) is 16.6. The number of aryl methyl sites for hydroxylation is 1. The molecule has 0 bridgehead atoms. The lowest BCUT2D eigenvalue weighted by Crippen LogP contribution is -2.38. The van der Waals surface area contributed by atoms with Crippen molar-refractivity contribution in [2.45, 2.75) is 13.5 Å². The number of carbonyl (C=O) groups excluding carboxylic acids is 2. The molecule has 1 aliphatic heterocycles. The van der Waals surface area contributed by atoms with Crippen LogP contribution in [0.25, 0.3) is 0 Å². The van der Waals surface area contributed by atoms with E-state index in [2.05, 4.69) is 15.9 Å². The topological polar surface area (TPSA) is 40.6 Å². The van der Waals surface area contributed by atoms with Crippen molar-refractivity contribution in [2.75, 3.05) is 18.6 Å². The van der Waals surface area contributed by atoms with E-state index in [0.717, 1.165) is 5.56 Å². The van der Waals surface area contributed by atoms with Crippen LogP contribution < -0.4 is 4.90 Å². The minimum atomic E-state index is -0.466. The highest BCUT2D eigenvalue weighted by Gasteiger charge is 2.38. The molecule has 1 aliphatic rings. The molecule has 0 aliphatic carbocycles. The highest BCUT2D eigenvalue weighted by molar-refractivity contribution is 9.10. The van der Waals surface area contributed by atoms with Crippen molar-refractivity contribution in [3.8, 4) is 0 Å². The molecule has 0 unspecified atom stereocenters. The lowest BCUT2D eigenvalue weighted by molar-refractivity contribution is -0.114. The molecule has 2 aromatic carbocycles. The number of Topliss-reactive ketones (excluding diaryl/α,β-unsaturated/α-hetero) is 1. The van der Waals surface area contributed by atoms with Gasteiger partial charge in [-0.25, -0.2) is 0 Å². The molecule has 0 radical (unpaired) electrons. The molecule has 1 heterocycles. The van der Waals surface area contributed by atoms with Gasteiger partial charge in [0.1, 0.15) is 0 Å². The molecule has 4 nitrogen and oxygen atoms in total. The molecular weight excluding hydrogens is 356 g/mol. The van der Waals surface area contributed by atoms with Crippen LogP contribution in [0.4, 0.5) is 5.69 Å². The summed E-state index contributed by atoms with van der Waals surface area (Å²) >= 11 is 3.43. The van der Waals surface area contributed by atoms with Crippen molar-refractivity contribution in [3.63, 3.8) is 0 Å². The Balaban J connectivity index is 1.83. The molecule has 0 saturated heterocycles. The maximum Gasteiger partial charge on any atom is 0.300 e. The summed E-state index contributed by atoms with van der Waals surface area (Å²) in [6, 6.07) is 13.8. The first-order valence-electron chi connectivity index (χ1n) is 7.37. The number of ketones is 1. The fourth-order valence-corrected chi connectivity index (χ4v) is 3.29. The number of rotatable bonds is 4. The van der Waals surface area contributed by atoms with Gasteiger partial charge in [0.25, 0.3) is 5.78 Å². The zero-order valence-electron chi connectivity index (χ0n) is 13.0. The Kier molecular flexibility index (Phi) is 4.33. The highest BCUT2D eigenvalue weighted by atomic mass is 79.9. The van der Waals surface area contributed by atoms with Gasteiger partial charge in [-0.3, -0.25) is 19.4 Å². The molecule has 0 aromatic heterocycles. The first-order chi connectivity index (χ1) is 11.0. The average molecular weight is 373 g/mol. The first kappa shape index (κ1) is 15.9. The summed E-state index contributed by atoms with van der Waals surface area (Å²) in [6.45, 7) is 3.00. The predicted octanol–water partition coefficient (Wildman–Crippen LogP) is 3.38. The molecule has 0 saturated carbocycles. The molecule has 118 valence electrons. The van der Waals surface area contributed by atoms with Crippen LogP contribution in [0.2, 0.25) is 0 Å². The summed E-state index contributed by atoms with van der Waals surface area (Å²) in [7, 11) is 1.94. The monoisotopic (exact) mass is 372 g/mol. The maximum atomic E-state index is 12.3. The Morgan fingerprint density at radius 1 is 1.09 bits per heavy atom. The van der Waals surface area contributed by atoms with Crippen molar-refractivity contribution in [1.29, 1.82) is 0 Å². The van der Waals surface area contributed by atoms with Gasteiger partial charge in [0.2, 0.25) is 0 Å². The van der Waals surface area contributed by atoms with E-state index in [4.69, 9.17) is 0 Å². The number of amides is 1. The van der Waals surface area contributed by atoms with Crippen molar-refractivity contribution < 1.29 is 9.59 Å². The molecule has 1 amide bonds.